The van der Waals surface area contributed by atoms with Crippen molar-refractivity contribution in [3.05, 3.63) is 66.3 Å². The van der Waals surface area contributed by atoms with Crippen LogP contribution in [0, 0.1) is 11.3 Å². The Morgan fingerprint density at radius 3 is 2.88 bits per heavy atom. The van der Waals surface area contributed by atoms with Crippen molar-refractivity contribution < 1.29 is 13.6 Å². The summed E-state index contributed by atoms with van der Waals surface area (Å²) < 4.78 is 10.9. The molecular formula is C19H16N2O3. The van der Waals surface area contributed by atoms with Gasteiger partial charge in [-0.25, -0.2) is 0 Å². The van der Waals surface area contributed by atoms with Gasteiger partial charge in [0.05, 0.1) is 25.3 Å². The van der Waals surface area contributed by atoms with Crippen LogP contribution in [0.25, 0.3) is 17.0 Å². The summed E-state index contributed by atoms with van der Waals surface area (Å²) in [5.41, 5.74) is 0.779. The molecule has 0 unspecified atom stereocenters. The number of para-hydroxylation sites is 1. The number of nitriles is 1. The molecular weight excluding hydrogens is 304 g/mol. The zero-order valence-corrected chi connectivity index (χ0v) is 13.0. The normalized spacial score (nSPS) is 11.0. The molecule has 120 valence electrons. The molecule has 5 heteroatoms. The lowest BCUT2D eigenvalue weighted by Crippen LogP contribution is -2.29. The van der Waals surface area contributed by atoms with Gasteiger partial charge in [-0.2, -0.15) is 5.26 Å². The van der Waals surface area contributed by atoms with Crippen LogP contribution in [-0.2, 0) is 11.3 Å². The molecule has 0 aliphatic heterocycles. The number of hydrogen-bond acceptors (Lipinski definition) is 4. The molecule has 0 fully saturated rings. The third-order valence-corrected chi connectivity index (χ3v) is 3.57. The highest BCUT2D eigenvalue weighted by atomic mass is 16.3. The summed E-state index contributed by atoms with van der Waals surface area (Å²) in [4.78, 5) is 14.0. The molecule has 3 rings (SSSR count). The van der Waals surface area contributed by atoms with Crippen LogP contribution < -0.4 is 0 Å². The zero-order chi connectivity index (χ0) is 16.8. The molecule has 0 aliphatic rings. The second-order valence-corrected chi connectivity index (χ2v) is 5.27. The molecule has 24 heavy (non-hydrogen) atoms. The lowest BCUT2D eigenvalue weighted by molar-refractivity contribution is -0.126. The first-order chi connectivity index (χ1) is 11.8. The predicted molar refractivity (Wildman–Crippen MR) is 89.6 cm³/mol. The smallest absolute Gasteiger partial charge is 0.247 e. The first-order valence-corrected chi connectivity index (χ1v) is 7.61. The third kappa shape index (κ3) is 3.73. The summed E-state index contributed by atoms with van der Waals surface area (Å²) in [7, 11) is 0. The Kier molecular flexibility index (Phi) is 4.78. The lowest BCUT2D eigenvalue weighted by Gasteiger charge is -2.18. The summed E-state index contributed by atoms with van der Waals surface area (Å²) in [6, 6.07) is 15.2. The van der Waals surface area contributed by atoms with E-state index in [1.54, 1.807) is 29.4 Å². The molecule has 0 bridgehead atoms. The van der Waals surface area contributed by atoms with E-state index in [0.29, 0.717) is 24.6 Å². The number of benzene rings is 1. The van der Waals surface area contributed by atoms with Crippen molar-refractivity contribution in [2.24, 2.45) is 0 Å². The van der Waals surface area contributed by atoms with Crippen molar-refractivity contribution in [3.63, 3.8) is 0 Å². The molecule has 2 aromatic heterocycles. The van der Waals surface area contributed by atoms with Gasteiger partial charge in [-0.05, 0) is 30.3 Å². The quantitative estimate of drug-likeness (QED) is 0.644. The number of rotatable bonds is 6. The highest BCUT2D eigenvalue weighted by Crippen LogP contribution is 2.19. The Hall–Kier alpha value is -3.26. The highest BCUT2D eigenvalue weighted by molar-refractivity contribution is 5.92. The van der Waals surface area contributed by atoms with E-state index in [0.717, 1.165) is 11.0 Å². The summed E-state index contributed by atoms with van der Waals surface area (Å²) in [6.45, 7) is 0.679. The van der Waals surface area contributed by atoms with Crippen LogP contribution in [0.3, 0.4) is 0 Å². The van der Waals surface area contributed by atoms with E-state index in [9.17, 15) is 4.79 Å². The minimum Gasteiger partial charge on any atom is -0.467 e. The molecule has 0 spiro atoms. The van der Waals surface area contributed by atoms with Gasteiger partial charge >= 0.3 is 0 Å². The summed E-state index contributed by atoms with van der Waals surface area (Å²) in [5, 5.41) is 9.75. The number of fused-ring (bicyclic) bond motifs is 1. The molecule has 0 atom stereocenters. The maximum Gasteiger partial charge on any atom is 0.247 e. The fourth-order valence-corrected chi connectivity index (χ4v) is 2.39. The Morgan fingerprint density at radius 1 is 1.25 bits per heavy atom. The highest BCUT2D eigenvalue weighted by Gasteiger charge is 2.13. The second-order valence-electron chi connectivity index (χ2n) is 5.27. The molecule has 0 aliphatic carbocycles. The number of carbonyl (C=O) groups is 1. The Bertz CT molecular complexity index is 852. The van der Waals surface area contributed by atoms with Gasteiger partial charge < -0.3 is 13.7 Å². The van der Waals surface area contributed by atoms with Gasteiger partial charge in [0.25, 0.3) is 0 Å². The zero-order valence-electron chi connectivity index (χ0n) is 13.0. The minimum absolute atomic E-state index is 0.192. The van der Waals surface area contributed by atoms with E-state index in [4.69, 9.17) is 14.1 Å². The molecule has 0 saturated heterocycles. The van der Waals surface area contributed by atoms with Crippen molar-refractivity contribution in [3.8, 4) is 6.07 Å². The van der Waals surface area contributed by atoms with E-state index < -0.39 is 0 Å². The van der Waals surface area contributed by atoms with Crippen LogP contribution in [-0.4, -0.2) is 17.4 Å². The van der Waals surface area contributed by atoms with E-state index in [1.165, 1.54) is 6.08 Å². The van der Waals surface area contributed by atoms with Crippen molar-refractivity contribution in [2.75, 3.05) is 6.54 Å². The topological polar surface area (TPSA) is 70.4 Å². The SMILES string of the molecule is N#CCCN(Cc1ccco1)C(=O)/C=C/c1cc2ccccc2o1. The van der Waals surface area contributed by atoms with E-state index >= 15 is 0 Å². The average molecular weight is 320 g/mol. The standard InChI is InChI=1S/C19H16N2O3/c20-10-4-11-21(14-17-6-3-12-23-17)19(22)9-8-16-13-15-5-1-2-7-18(15)24-16/h1-3,5-9,12-13H,4,11,14H2/b9-8+. The predicted octanol–water partition coefficient (Wildman–Crippen LogP) is 3.98. The molecule has 0 saturated carbocycles. The Labute approximate surface area is 139 Å². The third-order valence-electron chi connectivity index (χ3n) is 3.57. The van der Waals surface area contributed by atoms with Gasteiger partial charge in [0.1, 0.15) is 17.1 Å². The fourth-order valence-electron chi connectivity index (χ4n) is 2.39. The molecule has 1 aromatic carbocycles. The first-order valence-electron chi connectivity index (χ1n) is 7.61. The van der Waals surface area contributed by atoms with Crippen LogP contribution in [0.1, 0.15) is 17.9 Å². The van der Waals surface area contributed by atoms with Crippen LogP contribution in [0.5, 0.6) is 0 Å². The van der Waals surface area contributed by atoms with Gasteiger partial charge in [-0.15, -0.1) is 0 Å². The molecule has 3 aromatic rings. The number of carbonyl (C=O) groups excluding carboxylic acids is 1. The summed E-state index contributed by atoms with van der Waals surface area (Å²) in [6.07, 6.45) is 4.93. The molecule has 0 N–H and O–H groups in total. The van der Waals surface area contributed by atoms with E-state index in [-0.39, 0.29) is 12.3 Å². The van der Waals surface area contributed by atoms with Gasteiger partial charge in [0.15, 0.2) is 0 Å². The van der Waals surface area contributed by atoms with Gasteiger partial charge in [-0.3, -0.25) is 4.79 Å². The number of furan rings is 2. The van der Waals surface area contributed by atoms with Crippen LogP contribution in [0.2, 0.25) is 0 Å². The summed E-state index contributed by atoms with van der Waals surface area (Å²) in [5.74, 6) is 1.10. The molecule has 0 radical (unpaired) electrons. The van der Waals surface area contributed by atoms with E-state index in [2.05, 4.69) is 6.07 Å². The monoisotopic (exact) mass is 320 g/mol. The number of hydrogen-bond donors (Lipinski definition) is 0. The van der Waals surface area contributed by atoms with Crippen molar-refractivity contribution in [1.29, 1.82) is 5.26 Å². The largest absolute Gasteiger partial charge is 0.467 e. The number of nitrogens with zero attached hydrogens (tertiary/aromatic N) is 2. The van der Waals surface area contributed by atoms with Gasteiger partial charge in [0, 0.05) is 18.0 Å². The molecule has 2 heterocycles. The molecule has 1 amide bonds. The minimum atomic E-state index is -0.192. The van der Waals surface area contributed by atoms with Crippen LogP contribution in [0.4, 0.5) is 0 Å². The van der Waals surface area contributed by atoms with E-state index in [1.807, 2.05) is 30.3 Å². The van der Waals surface area contributed by atoms with Crippen LogP contribution in [0.15, 0.2) is 63.6 Å². The van der Waals surface area contributed by atoms with Crippen LogP contribution >= 0.6 is 0 Å². The Morgan fingerprint density at radius 2 is 2.12 bits per heavy atom. The maximum atomic E-state index is 12.4. The van der Waals surface area contributed by atoms with Gasteiger partial charge in [-0.1, -0.05) is 18.2 Å². The maximum absolute atomic E-state index is 12.4. The Balaban J connectivity index is 1.72. The number of amides is 1. The molecule has 5 nitrogen and oxygen atoms in total. The van der Waals surface area contributed by atoms with Crippen molar-refractivity contribution in [1.82, 2.24) is 4.90 Å². The van der Waals surface area contributed by atoms with Crippen molar-refractivity contribution in [2.45, 2.75) is 13.0 Å². The fraction of sp³-hybridized carbons (Fsp3) is 0.158. The van der Waals surface area contributed by atoms with Gasteiger partial charge in [0.2, 0.25) is 5.91 Å². The average Bonchev–Trinajstić information content (AvgIpc) is 3.25. The summed E-state index contributed by atoms with van der Waals surface area (Å²) >= 11 is 0. The first kappa shape index (κ1) is 15.6. The second kappa shape index (κ2) is 7.34. The lowest BCUT2D eigenvalue weighted by atomic mass is 10.2. The van der Waals surface area contributed by atoms with Crippen molar-refractivity contribution >= 4 is 23.0 Å².